The van der Waals surface area contributed by atoms with Gasteiger partial charge in [0.15, 0.2) is 11.6 Å². The maximum Gasteiger partial charge on any atom is 0.182 e. The Morgan fingerprint density at radius 1 is 1.53 bits per heavy atom. The zero-order chi connectivity index (χ0) is 12.4. The number of carbonyl (C=O) groups excluding carboxylic acids is 1. The van der Waals surface area contributed by atoms with Crippen molar-refractivity contribution in [1.29, 1.82) is 0 Å². The number of halogens is 1. The Hall–Kier alpha value is -1.95. The van der Waals surface area contributed by atoms with Crippen LogP contribution in [0, 0.1) is 0 Å². The molecule has 2 rings (SSSR count). The van der Waals surface area contributed by atoms with Crippen molar-refractivity contribution in [1.82, 2.24) is 20.2 Å². The molecule has 0 unspecified atom stereocenters. The molecule has 0 spiro atoms. The van der Waals surface area contributed by atoms with Gasteiger partial charge in [-0.1, -0.05) is 11.6 Å². The van der Waals surface area contributed by atoms with Crippen LogP contribution < -0.4 is 5.73 Å². The SMILES string of the molecule is Cn1nnc(CC(=O)c2ccc(Cl)cc2N)n1. The molecular formula is C10H10ClN5O. The van der Waals surface area contributed by atoms with Crippen molar-refractivity contribution in [3.63, 3.8) is 0 Å². The van der Waals surface area contributed by atoms with E-state index in [2.05, 4.69) is 15.4 Å². The number of benzene rings is 1. The summed E-state index contributed by atoms with van der Waals surface area (Å²) in [5.41, 5.74) is 6.49. The molecule has 1 heterocycles. The number of anilines is 1. The second-order valence-corrected chi connectivity index (χ2v) is 3.96. The number of nitrogens with zero attached hydrogens (tertiary/aromatic N) is 4. The highest BCUT2D eigenvalue weighted by Crippen LogP contribution is 2.19. The predicted octanol–water partition coefficient (Wildman–Crippen LogP) is 0.871. The molecule has 0 atom stereocenters. The number of Topliss-reactive ketones (excluding diaryl/α,β-unsaturated/α-hetero) is 1. The van der Waals surface area contributed by atoms with Crippen molar-refractivity contribution in [3.05, 3.63) is 34.6 Å². The van der Waals surface area contributed by atoms with E-state index in [9.17, 15) is 4.79 Å². The number of tetrazole rings is 1. The summed E-state index contributed by atoms with van der Waals surface area (Å²) in [6.45, 7) is 0. The molecular weight excluding hydrogens is 242 g/mol. The van der Waals surface area contributed by atoms with Gasteiger partial charge in [0.05, 0.1) is 13.5 Å². The minimum absolute atomic E-state index is 0.0691. The molecule has 17 heavy (non-hydrogen) atoms. The maximum atomic E-state index is 11.9. The number of hydrogen-bond donors (Lipinski definition) is 1. The molecule has 0 saturated heterocycles. The summed E-state index contributed by atoms with van der Waals surface area (Å²) in [5.74, 6) is 0.207. The Morgan fingerprint density at radius 2 is 2.29 bits per heavy atom. The van der Waals surface area contributed by atoms with Crippen LogP contribution in [-0.4, -0.2) is 26.0 Å². The summed E-state index contributed by atoms with van der Waals surface area (Å²) in [7, 11) is 1.64. The number of carbonyl (C=O) groups is 1. The number of nitrogen functional groups attached to an aromatic ring is 1. The number of hydrogen-bond acceptors (Lipinski definition) is 5. The van der Waals surface area contributed by atoms with Crippen molar-refractivity contribution in [2.24, 2.45) is 7.05 Å². The molecule has 0 radical (unpaired) electrons. The molecule has 1 aromatic heterocycles. The zero-order valence-electron chi connectivity index (χ0n) is 9.09. The summed E-state index contributed by atoms with van der Waals surface area (Å²) < 4.78 is 0. The Balaban J connectivity index is 2.20. The first-order valence-electron chi connectivity index (χ1n) is 4.87. The number of aromatic nitrogens is 4. The molecule has 0 saturated carbocycles. The van der Waals surface area contributed by atoms with Gasteiger partial charge in [0, 0.05) is 16.3 Å². The smallest absolute Gasteiger partial charge is 0.182 e. The first-order chi connectivity index (χ1) is 8.06. The van der Waals surface area contributed by atoms with Gasteiger partial charge in [-0.15, -0.1) is 10.2 Å². The molecule has 6 nitrogen and oxygen atoms in total. The third kappa shape index (κ3) is 2.59. The highest BCUT2D eigenvalue weighted by Gasteiger charge is 2.13. The van der Waals surface area contributed by atoms with E-state index < -0.39 is 0 Å². The average Bonchev–Trinajstić information content (AvgIpc) is 2.63. The molecule has 88 valence electrons. The molecule has 2 aromatic rings. The van der Waals surface area contributed by atoms with E-state index in [0.717, 1.165) is 0 Å². The Bertz CT molecular complexity index is 566. The molecule has 0 fully saturated rings. The van der Waals surface area contributed by atoms with Gasteiger partial charge in [-0.05, 0) is 23.4 Å². The van der Waals surface area contributed by atoms with Gasteiger partial charge in [0.2, 0.25) is 0 Å². The lowest BCUT2D eigenvalue weighted by Gasteiger charge is -2.03. The maximum absolute atomic E-state index is 11.9. The standard InChI is InChI=1S/C10H10ClN5O/c1-16-14-10(13-15-16)5-9(17)7-3-2-6(11)4-8(7)12/h2-4H,5,12H2,1H3. The van der Waals surface area contributed by atoms with E-state index in [1.165, 1.54) is 4.80 Å². The summed E-state index contributed by atoms with van der Waals surface area (Å²) in [4.78, 5) is 13.2. The average molecular weight is 252 g/mol. The van der Waals surface area contributed by atoms with E-state index >= 15 is 0 Å². The highest BCUT2D eigenvalue weighted by molar-refractivity contribution is 6.31. The van der Waals surface area contributed by atoms with Crippen molar-refractivity contribution in [2.45, 2.75) is 6.42 Å². The van der Waals surface area contributed by atoms with Gasteiger partial charge in [0.1, 0.15) is 0 Å². The van der Waals surface area contributed by atoms with E-state index in [4.69, 9.17) is 17.3 Å². The lowest BCUT2D eigenvalue weighted by Crippen LogP contribution is -2.08. The highest BCUT2D eigenvalue weighted by atomic mass is 35.5. The van der Waals surface area contributed by atoms with Gasteiger partial charge in [0.25, 0.3) is 0 Å². The van der Waals surface area contributed by atoms with E-state index in [1.807, 2.05) is 0 Å². The van der Waals surface area contributed by atoms with Crippen LogP contribution in [0.5, 0.6) is 0 Å². The number of rotatable bonds is 3. The first kappa shape index (κ1) is 11.5. The van der Waals surface area contributed by atoms with Gasteiger partial charge >= 0.3 is 0 Å². The van der Waals surface area contributed by atoms with Gasteiger partial charge in [-0.3, -0.25) is 4.79 Å². The summed E-state index contributed by atoms with van der Waals surface area (Å²) in [6.07, 6.45) is 0.0691. The second kappa shape index (κ2) is 4.50. The van der Waals surface area contributed by atoms with Crippen LogP contribution >= 0.6 is 11.6 Å². The van der Waals surface area contributed by atoms with Crippen LogP contribution in [0.3, 0.4) is 0 Å². The van der Waals surface area contributed by atoms with Crippen LogP contribution in [-0.2, 0) is 13.5 Å². The fourth-order valence-corrected chi connectivity index (χ4v) is 1.60. The molecule has 0 aliphatic heterocycles. The van der Waals surface area contributed by atoms with Crippen molar-refractivity contribution in [3.8, 4) is 0 Å². The largest absolute Gasteiger partial charge is 0.398 e. The Morgan fingerprint density at radius 3 is 2.88 bits per heavy atom. The molecule has 0 aliphatic rings. The molecule has 0 amide bonds. The van der Waals surface area contributed by atoms with Gasteiger partial charge in [-0.25, -0.2) is 0 Å². The minimum Gasteiger partial charge on any atom is -0.398 e. The number of aryl methyl sites for hydroxylation is 1. The van der Waals surface area contributed by atoms with Crippen LogP contribution in [0.2, 0.25) is 5.02 Å². The van der Waals surface area contributed by atoms with Crippen LogP contribution in [0.25, 0.3) is 0 Å². The lowest BCUT2D eigenvalue weighted by molar-refractivity contribution is 0.0991. The zero-order valence-corrected chi connectivity index (χ0v) is 9.85. The third-order valence-corrected chi connectivity index (χ3v) is 2.42. The van der Waals surface area contributed by atoms with Gasteiger partial charge < -0.3 is 5.73 Å². The fraction of sp³-hybridized carbons (Fsp3) is 0.200. The van der Waals surface area contributed by atoms with E-state index in [1.54, 1.807) is 25.2 Å². The Labute approximate surface area is 102 Å². The fourth-order valence-electron chi connectivity index (χ4n) is 1.42. The summed E-state index contributed by atoms with van der Waals surface area (Å²) in [5, 5.41) is 11.8. The molecule has 1 aromatic carbocycles. The van der Waals surface area contributed by atoms with Crippen molar-refractivity contribution in [2.75, 3.05) is 5.73 Å². The summed E-state index contributed by atoms with van der Waals surface area (Å²) >= 11 is 5.76. The monoisotopic (exact) mass is 251 g/mol. The normalized spacial score (nSPS) is 10.5. The quantitative estimate of drug-likeness (QED) is 0.646. The molecule has 0 aliphatic carbocycles. The molecule has 0 bridgehead atoms. The number of ketones is 1. The van der Waals surface area contributed by atoms with E-state index in [0.29, 0.717) is 22.1 Å². The second-order valence-electron chi connectivity index (χ2n) is 3.53. The first-order valence-corrected chi connectivity index (χ1v) is 5.25. The van der Waals surface area contributed by atoms with Crippen LogP contribution in [0.15, 0.2) is 18.2 Å². The van der Waals surface area contributed by atoms with Crippen LogP contribution in [0.1, 0.15) is 16.2 Å². The lowest BCUT2D eigenvalue weighted by atomic mass is 10.1. The molecule has 2 N–H and O–H groups in total. The van der Waals surface area contributed by atoms with E-state index in [-0.39, 0.29) is 12.2 Å². The van der Waals surface area contributed by atoms with Crippen LogP contribution in [0.4, 0.5) is 5.69 Å². The topological polar surface area (TPSA) is 86.7 Å². The predicted molar refractivity (Wildman–Crippen MR) is 62.7 cm³/mol. The third-order valence-electron chi connectivity index (χ3n) is 2.18. The molecule has 7 heteroatoms. The summed E-state index contributed by atoms with van der Waals surface area (Å²) in [6, 6.07) is 4.75. The van der Waals surface area contributed by atoms with Crippen molar-refractivity contribution < 1.29 is 4.79 Å². The van der Waals surface area contributed by atoms with Gasteiger partial charge in [-0.2, -0.15) is 4.80 Å². The minimum atomic E-state index is -0.160. The number of nitrogens with two attached hydrogens (primary N) is 1. The Kier molecular flexibility index (Phi) is 3.06. The van der Waals surface area contributed by atoms with Crippen molar-refractivity contribution >= 4 is 23.1 Å².